The van der Waals surface area contributed by atoms with Crippen LogP contribution < -0.4 is 0 Å². The molecule has 0 amide bonds. The molecule has 2 aliphatic carbocycles. The van der Waals surface area contributed by atoms with E-state index in [4.69, 9.17) is 4.52 Å². The van der Waals surface area contributed by atoms with Crippen molar-refractivity contribution in [2.24, 2.45) is 0 Å². The molecule has 1 aromatic heterocycles. The molecule has 3 fully saturated rings. The number of hydrogen-bond acceptors (Lipinski definition) is 6. The molecule has 1 unspecified atom stereocenters. The molecule has 0 spiro atoms. The fourth-order valence-electron chi connectivity index (χ4n) is 4.91. The molecule has 2 aromatic rings. The van der Waals surface area contributed by atoms with Crippen molar-refractivity contribution >= 4 is 10.0 Å². The third-order valence-corrected chi connectivity index (χ3v) is 9.09. The number of hydrogen-bond donors (Lipinski definition) is 0. The molecule has 5 rings (SSSR count). The van der Waals surface area contributed by atoms with Crippen LogP contribution in [0.2, 0.25) is 0 Å². The van der Waals surface area contributed by atoms with Crippen LogP contribution in [0.3, 0.4) is 0 Å². The highest BCUT2D eigenvalue weighted by molar-refractivity contribution is 7.89. The largest absolute Gasteiger partial charge is 0.338 e. The minimum absolute atomic E-state index is 0.000342. The molecule has 1 atom stereocenters. The van der Waals surface area contributed by atoms with Crippen LogP contribution >= 0.6 is 0 Å². The van der Waals surface area contributed by atoms with Gasteiger partial charge in [-0.05, 0) is 56.2 Å². The topological polar surface area (TPSA) is 79.5 Å². The van der Waals surface area contributed by atoms with E-state index in [1.54, 1.807) is 16.4 Å². The summed E-state index contributed by atoms with van der Waals surface area (Å²) < 4.78 is 33.4. The van der Waals surface area contributed by atoms with Gasteiger partial charge in [0.05, 0.1) is 10.9 Å². The Bertz CT molecular complexity index is 986. The zero-order valence-electron chi connectivity index (χ0n) is 18.2. The maximum Gasteiger partial charge on any atom is 0.243 e. The predicted molar refractivity (Wildman–Crippen MR) is 117 cm³/mol. The van der Waals surface area contributed by atoms with Crippen LogP contribution in [0.1, 0.15) is 87.0 Å². The van der Waals surface area contributed by atoms with E-state index in [9.17, 15) is 8.42 Å². The number of aromatic nitrogens is 2. The zero-order chi connectivity index (χ0) is 21.4. The standard InChI is InChI=1S/C23H32N4O3S/c1-17(23-24-22(25-30-23)20-7-8-20)26-13-15-27(16-14-26)31(28,29)21-11-9-19(10-12-21)18-5-3-2-4-6-18/h9-12,17-18,20H,2-8,13-16H2,1H3. The van der Waals surface area contributed by atoms with E-state index in [2.05, 4.69) is 22.0 Å². The maximum atomic E-state index is 13.2. The minimum Gasteiger partial charge on any atom is -0.338 e. The van der Waals surface area contributed by atoms with Crippen molar-refractivity contribution in [2.45, 2.75) is 74.6 Å². The average Bonchev–Trinajstić information content (AvgIpc) is 3.56. The second-order valence-corrected chi connectivity index (χ2v) is 11.2. The van der Waals surface area contributed by atoms with E-state index in [1.165, 1.54) is 37.7 Å². The van der Waals surface area contributed by atoms with E-state index in [1.807, 2.05) is 12.1 Å². The summed E-state index contributed by atoms with van der Waals surface area (Å²) >= 11 is 0. The number of sulfonamides is 1. The fourth-order valence-corrected chi connectivity index (χ4v) is 6.33. The van der Waals surface area contributed by atoms with Crippen LogP contribution in [0, 0.1) is 0 Å². The lowest BCUT2D eigenvalue weighted by atomic mass is 9.84. The van der Waals surface area contributed by atoms with Crippen molar-refractivity contribution < 1.29 is 12.9 Å². The minimum atomic E-state index is -3.47. The predicted octanol–water partition coefficient (Wildman–Crippen LogP) is 4.06. The molecular formula is C23H32N4O3S. The fraction of sp³-hybridized carbons (Fsp3) is 0.652. The highest BCUT2D eigenvalue weighted by Crippen LogP contribution is 2.39. The number of benzene rings is 1. The Morgan fingerprint density at radius 2 is 1.61 bits per heavy atom. The first-order chi connectivity index (χ1) is 15.0. The molecule has 2 heterocycles. The van der Waals surface area contributed by atoms with Crippen LogP contribution in [0.15, 0.2) is 33.7 Å². The van der Waals surface area contributed by atoms with Crippen LogP contribution in [0.5, 0.6) is 0 Å². The maximum absolute atomic E-state index is 13.2. The molecule has 2 saturated carbocycles. The molecule has 1 aliphatic heterocycles. The summed E-state index contributed by atoms with van der Waals surface area (Å²) in [7, 11) is -3.47. The van der Waals surface area contributed by atoms with E-state index in [-0.39, 0.29) is 6.04 Å². The van der Waals surface area contributed by atoms with E-state index >= 15 is 0 Å². The monoisotopic (exact) mass is 444 g/mol. The van der Waals surface area contributed by atoms with Crippen LogP contribution in [-0.4, -0.2) is 53.9 Å². The van der Waals surface area contributed by atoms with Gasteiger partial charge in [-0.15, -0.1) is 0 Å². The van der Waals surface area contributed by atoms with Crippen molar-refractivity contribution in [1.82, 2.24) is 19.3 Å². The SMILES string of the molecule is CC(c1nc(C2CC2)no1)N1CCN(S(=O)(=O)c2ccc(C3CCCCC3)cc2)CC1. The molecule has 3 aliphatic rings. The normalized spacial score (nSPS) is 23.1. The highest BCUT2D eigenvalue weighted by Gasteiger charge is 2.34. The second-order valence-electron chi connectivity index (χ2n) is 9.29. The van der Waals surface area contributed by atoms with E-state index in [0.717, 1.165) is 18.7 Å². The lowest BCUT2D eigenvalue weighted by molar-refractivity contribution is 0.124. The summed E-state index contributed by atoms with van der Waals surface area (Å²) in [6.07, 6.45) is 8.60. The van der Waals surface area contributed by atoms with Gasteiger partial charge in [-0.2, -0.15) is 9.29 Å². The molecule has 0 bridgehead atoms. The third kappa shape index (κ3) is 4.43. The van der Waals surface area contributed by atoms with Gasteiger partial charge in [-0.1, -0.05) is 36.6 Å². The average molecular weight is 445 g/mol. The molecule has 1 saturated heterocycles. The first-order valence-electron chi connectivity index (χ1n) is 11.7. The molecule has 8 heteroatoms. The lowest BCUT2D eigenvalue weighted by Gasteiger charge is -2.36. The molecule has 1 aromatic carbocycles. The Morgan fingerprint density at radius 3 is 2.26 bits per heavy atom. The van der Waals surface area contributed by atoms with Gasteiger partial charge in [-0.25, -0.2) is 8.42 Å². The molecule has 168 valence electrons. The number of piperazine rings is 1. The van der Waals surface area contributed by atoms with Gasteiger partial charge in [0, 0.05) is 32.1 Å². The van der Waals surface area contributed by atoms with Crippen LogP contribution in [-0.2, 0) is 10.0 Å². The summed E-state index contributed by atoms with van der Waals surface area (Å²) in [5.74, 6) is 2.51. The Kier molecular flexibility index (Phi) is 5.88. The Hall–Kier alpha value is -1.77. The first kappa shape index (κ1) is 21.1. The number of rotatable bonds is 6. The van der Waals surface area contributed by atoms with Crippen molar-refractivity contribution in [1.29, 1.82) is 0 Å². The smallest absolute Gasteiger partial charge is 0.243 e. The summed E-state index contributed by atoms with van der Waals surface area (Å²) in [4.78, 5) is 7.19. The second kappa shape index (κ2) is 8.64. The quantitative estimate of drug-likeness (QED) is 0.668. The lowest BCUT2D eigenvalue weighted by Crippen LogP contribution is -2.49. The first-order valence-corrected chi connectivity index (χ1v) is 13.1. The van der Waals surface area contributed by atoms with Gasteiger partial charge < -0.3 is 4.52 Å². The van der Waals surface area contributed by atoms with Crippen LogP contribution in [0.25, 0.3) is 0 Å². The molecule has 0 N–H and O–H groups in total. The summed E-state index contributed by atoms with van der Waals surface area (Å²) in [6, 6.07) is 7.64. The van der Waals surface area contributed by atoms with Crippen molar-refractivity contribution in [3.63, 3.8) is 0 Å². The molecule has 31 heavy (non-hydrogen) atoms. The van der Waals surface area contributed by atoms with Crippen molar-refractivity contribution in [3.05, 3.63) is 41.5 Å². The summed E-state index contributed by atoms with van der Waals surface area (Å²) in [5.41, 5.74) is 1.28. The Morgan fingerprint density at radius 1 is 0.935 bits per heavy atom. The van der Waals surface area contributed by atoms with E-state index in [0.29, 0.717) is 48.8 Å². The van der Waals surface area contributed by atoms with Gasteiger partial charge >= 0.3 is 0 Å². The van der Waals surface area contributed by atoms with E-state index < -0.39 is 10.0 Å². The van der Waals surface area contributed by atoms with Gasteiger partial charge in [-0.3, -0.25) is 4.90 Å². The summed E-state index contributed by atoms with van der Waals surface area (Å²) in [5, 5.41) is 4.11. The zero-order valence-corrected chi connectivity index (χ0v) is 19.1. The highest BCUT2D eigenvalue weighted by atomic mass is 32.2. The molecular weight excluding hydrogens is 412 g/mol. The molecule has 0 radical (unpaired) electrons. The molecule has 7 nitrogen and oxygen atoms in total. The van der Waals surface area contributed by atoms with Crippen molar-refractivity contribution in [3.8, 4) is 0 Å². The van der Waals surface area contributed by atoms with Gasteiger partial charge in [0.25, 0.3) is 0 Å². The van der Waals surface area contributed by atoms with Gasteiger partial charge in [0.15, 0.2) is 5.82 Å². The van der Waals surface area contributed by atoms with Gasteiger partial charge in [0.1, 0.15) is 0 Å². The van der Waals surface area contributed by atoms with Crippen molar-refractivity contribution in [2.75, 3.05) is 26.2 Å². The summed E-state index contributed by atoms with van der Waals surface area (Å²) in [6.45, 7) is 4.31. The Balaban J connectivity index is 1.20. The number of nitrogens with zero attached hydrogens (tertiary/aromatic N) is 4. The van der Waals surface area contributed by atoms with Crippen LogP contribution in [0.4, 0.5) is 0 Å². The Labute approximate surface area is 184 Å². The third-order valence-electron chi connectivity index (χ3n) is 7.17. The van der Waals surface area contributed by atoms with Gasteiger partial charge in [0.2, 0.25) is 15.9 Å².